The first-order chi connectivity index (χ1) is 7.69. The van der Waals surface area contributed by atoms with Crippen LogP contribution < -0.4 is 0 Å². The van der Waals surface area contributed by atoms with E-state index in [0.717, 1.165) is 30.0 Å². The first-order valence-corrected chi connectivity index (χ1v) is 6.60. The fourth-order valence-corrected chi connectivity index (χ4v) is 3.57. The summed E-state index contributed by atoms with van der Waals surface area (Å²) in [7, 11) is 0. The van der Waals surface area contributed by atoms with Crippen LogP contribution in [0.3, 0.4) is 0 Å². The molecule has 2 fully saturated rings. The third-order valence-electron chi connectivity index (χ3n) is 4.10. The highest BCUT2D eigenvalue weighted by atomic mass is 35.5. The Morgan fingerprint density at radius 2 is 2.00 bits per heavy atom. The van der Waals surface area contributed by atoms with Crippen molar-refractivity contribution in [1.82, 2.24) is 9.97 Å². The normalized spacial score (nSPS) is 36.2. The van der Waals surface area contributed by atoms with Gasteiger partial charge < -0.3 is 0 Å². The van der Waals surface area contributed by atoms with Crippen LogP contribution in [0.4, 0.5) is 0 Å². The van der Waals surface area contributed by atoms with E-state index in [1.54, 1.807) is 0 Å². The van der Waals surface area contributed by atoms with Gasteiger partial charge in [0.2, 0.25) is 0 Å². The van der Waals surface area contributed by atoms with Gasteiger partial charge in [-0.15, -0.1) is 0 Å². The van der Waals surface area contributed by atoms with Crippen molar-refractivity contribution >= 4 is 11.6 Å². The largest absolute Gasteiger partial charge is 0.238 e. The van der Waals surface area contributed by atoms with Crippen LogP contribution in [0.15, 0.2) is 6.07 Å². The van der Waals surface area contributed by atoms with Gasteiger partial charge in [0.1, 0.15) is 11.0 Å². The monoisotopic (exact) mass is 236 g/mol. The lowest BCUT2D eigenvalue weighted by Gasteiger charge is -2.09. The van der Waals surface area contributed by atoms with E-state index in [9.17, 15) is 0 Å². The fourth-order valence-electron chi connectivity index (χ4n) is 3.36. The lowest BCUT2D eigenvalue weighted by molar-refractivity contribution is 0.509. The highest BCUT2D eigenvalue weighted by Gasteiger charge is 2.56. The van der Waals surface area contributed by atoms with Crippen molar-refractivity contribution in [1.29, 1.82) is 0 Å². The topological polar surface area (TPSA) is 25.8 Å². The average molecular weight is 237 g/mol. The number of rotatable bonds is 2. The van der Waals surface area contributed by atoms with Crippen LogP contribution in [0.25, 0.3) is 0 Å². The molecule has 0 bridgehead atoms. The van der Waals surface area contributed by atoms with E-state index in [-0.39, 0.29) is 0 Å². The Labute approximate surface area is 101 Å². The zero-order valence-electron chi connectivity index (χ0n) is 9.78. The lowest BCUT2D eigenvalue weighted by atomic mass is 10.0. The number of hydrogen-bond acceptors (Lipinski definition) is 2. The molecule has 2 saturated carbocycles. The van der Waals surface area contributed by atoms with E-state index < -0.39 is 0 Å². The molecule has 1 heterocycles. The molecule has 3 rings (SSSR count). The summed E-state index contributed by atoms with van der Waals surface area (Å²) < 4.78 is 0. The van der Waals surface area contributed by atoms with Crippen molar-refractivity contribution in [3.8, 4) is 0 Å². The summed E-state index contributed by atoms with van der Waals surface area (Å²) in [5, 5.41) is 0.611. The van der Waals surface area contributed by atoms with Gasteiger partial charge in [0.25, 0.3) is 0 Å². The van der Waals surface area contributed by atoms with Crippen molar-refractivity contribution in [3.05, 3.63) is 22.7 Å². The summed E-state index contributed by atoms with van der Waals surface area (Å²) in [6, 6.07) is 1.97. The Bertz CT molecular complexity index is 406. The molecule has 1 aromatic heterocycles. The van der Waals surface area contributed by atoms with Crippen LogP contribution in [0.1, 0.15) is 44.1 Å². The summed E-state index contributed by atoms with van der Waals surface area (Å²) in [6.07, 6.45) is 3.61. The Balaban J connectivity index is 1.84. The number of fused-ring (bicyclic) bond motifs is 1. The Morgan fingerprint density at radius 3 is 2.62 bits per heavy atom. The van der Waals surface area contributed by atoms with Crippen LogP contribution >= 0.6 is 11.6 Å². The maximum absolute atomic E-state index is 6.03. The molecule has 0 radical (unpaired) electrons. The first kappa shape index (κ1) is 10.5. The van der Waals surface area contributed by atoms with Gasteiger partial charge in [-0.2, -0.15) is 0 Å². The van der Waals surface area contributed by atoms with E-state index in [0.29, 0.717) is 11.1 Å². The SMILES string of the molecule is CCc1nc(Cl)cc(C2[C@H]3CC(C)C[C@@H]23)n1. The van der Waals surface area contributed by atoms with E-state index in [4.69, 9.17) is 11.6 Å². The van der Waals surface area contributed by atoms with Crippen LogP contribution in [-0.4, -0.2) is 9.97 Å². The minimum Gasteiger partial charge on any atom is -0.238 e. The van der Waals surface area contributed by atoms with Crippen molar-refractivity contribution in [2.45, 2.75) is 39.0 Å². The highest BCUT2D eigenvalue weighted by Crippen LogP contribution is 2.64. The zero-order valence-corrected chi connectivity index (χ0v) is 10.5. The average Bonchev–Trinajstić information content (AvgIpc) is 2.76. The van der Waals surface area contributed by atoms with Crippen molar-refractivity contribution in [2.24, 2.45) is 17.8 Å². The molecular formula is C13H17ClN2. The van der Waals surface area contributed by atoms with E-state index >= 15 is 0 Å². The fraction of sp³-hybridized carbons (Fsp3) is 0.692. The number of aryl methyl sites for hydroxylation is 1. The maximum atomic E-state index is 6.03. The van der Waals surface area contributed by atoms with E-state index in [1.807, 2.05) is 6.07 Å². The van der Waals surface area contributed by atoms with Crippen LogP contribution in [0.5, 0.6) is 0 Å². The molecule has 0 aromatic carbocycles. The highest BCUT2D eigenvalue weighted by molar-refractivity contribution is 6.29. The van der Waals surface area contributed by atoms with Crippen LogP contribution in [0.2, 0.25) is 5.15 Å². The molecule has 2 unspecified atom stereocenters. The zero-order chi connectivity index (χ0) is 11.3. The molecule has 1 aromatic rings. The molecule has 0 spiro atoms. The molecule has 16 heavy (non-hydrogen) atoms. The standard InChI is InChI=1S/C13H17ClN2/c1-3-12-15-10(6-11(14)16-12)13-8-4-7(2)5-9(8)13/h6-9,13H,3-5H2,1-2H3/t7?,8-,9+,13?. The van der Waals surface area contributed by atoms with Crippen LogP contribution in [0, 0.1) is 17.8 Å². The smallest absolute Gasteiger partial charge is 0.133 e. The van der Waals surface area contributed by atoms with Gasteiger partial charge in [0, 0.05) is 18.0 Å². The summed E-state index contributed by atoms with van der Waals surface area (Å²) >= 11 is 6.03. The van der Waals surface area contributed by atoms with Gasteiger partial charge in [-0.1, -0.05) is 25.4 Å². The van der Waals surface area contributed by atoms with Gasteiger partial charge in [-0.25, -0.2) is 9.97 Å². The molecule has 0 N–H and O–H groups in total. The molecule has 86 valence electrons. The molecular weight excluding hydrogens is 220 g/mol. The number of halogens is 1. The molecule has 3 heteroatoms. The van der Waals surface area contributed by atoms with Crippen molar-refractivity contribution < 1.29 is 0 Å². The molecule has 4 atom stereocenters. The molecule has 2 nitrogen and oxygen atoms in total. The summed E-state index contributed by atoms with van der Waals surface area (Å²) in [4.78, 5) is 8.85. The molecule has 0 amide bonds. The second-order valence-electron chi connectivity index (χ2n) is 5.32. The molecule has 2 aliphatic carbocycles. The second kappa shape index (κ2) is 3.69. The third kappa shape index (κ3) is 1.64. The van der Waals surface area contributed by atoms with Crippen molar-refractivity contribution in [2.75, 3.05) is 0 Å². The first-order valence-electron chi connectivity index (χ1n) is 6.22. The molecule has 2 aliphatic rings. The number of aromatic nitrogens is 2. The predicted octanol–water partition coefficient (Wildman–Crippen LogP) is 3.45. The van der Waals surface area contributed by atoms with Gasteiger partial charge in [-0.05, 0) is 36.7 Å². The molecule has 0 aliphatic heterocycles. The van der Waals surface area contributed by atoms with Gasteiger partial charge >= 0.3 is 0 Å². The lowest BCUT2D eigenvalue weighted by Crippen LogP contribution is -2.01. The molecule has 0 saturated heterocycles. The summed E-state index contributed by atoms with van der Waals surface area (Å²) in [5.74, 6) is 4.24. The Hall–Kier alpha value is -0.630. The Morgan fingerprint density at radius 1 is 1.31 bits per heavy atom. The van der Waals surface area contributed by atoms with Crippen molar-refractivity contribution in [3.63, 3.8) is 0 Å². The van der Waals surface area contributed by atoms with E-state index in [2.05, 4.69) is 23.8 Å². The summed E-state index contributed by atoms with van der Waals surface area (Å²) in [5.41, 5.74) is 1.19. The Kier molecular flexibility index (Phi) is 2.43. The van der Waals surface area contributed by atoms with Gasteiger partial charge in [0.05, 0.1) is 0 Å². The van der Waals surface area contributed by atoms with E-state index in [1.165, 1.54) is 18.5 Å². The van der Waals surface area contributed by atoms with Crippen LogP contribution in [-0.2, 0) is 6.42 Å². The minimum atomic E-state index is 0.611. The van der Waals surface area contributed by atoms with Gasteiger partial charge in [-0.3, -0.25) is 0 Å². The number of nitrogens with zero attached hydrogens (tertiary/aromatic N) is 2. The summed E-state index contributed by atoms with van der Waals surface area (Å²) in [6.45, 7) is 4.43. The maximum Gasteiger partial charge on any atom is 0.133 e. The number of hydrogen-bond donors (Lipinski definition) is 0. The predicted molar refractivity (Wildman–Crippen MR) is 64.5 cm³/mol. The quantitative estimate of drug-likeness (QED) is 0.735. The second-order valence-corrected chi connectivity index (χ2v) is 5.70. The van der Waals surface area contributed by atoms with Gasteiger partial charge in [0.15, 0.2) is 0 Å². The third-order valence-corrected chi connectivity index (χ3v) is 4.29. The minimum absolute atomic E-state index is 0.611.